The summed E-state index contributed by atoms with van der Waals surface area (Å²) in [5.74, 6) is 0.656. The number of likely N-dealkylation sites (tertiary alicyclic amines) is 1. The molecule has 0 aromatic carbocycles. The molecule has 0 radical (unpaired) electrons. The number of nitrogens with zero attached hydrogens (tertiary/aromatic N) is 2. The van der Waals surface area contributed by atoms with Gasteiger partial charge in [-0.15, -0.1) is 24.0 Å². The van der Waals surface area contributed by atoms with Crippen molar-refractivity contribution in [1.29, 1.82) is 0 Å². The van der Waals surface area contributed by atoms with Crippen LogP contribution in [0.15, 0.2) is 4.99 Å². The molecule has 2 N–H and O–H groups in total. The average Bonchev–Trinajstić information content (AvgIpc) is 2.42. The van der Waals surface area contributed by atoms with Crippen molar-refractivity contribution in [2.24, 2.45) is 4.99 Å². The van der Waals surface area contributed by atoms with Crippen molar-refractivity contribution in [1.82, 2.24) is 15.5 Å². The highest BCUT2D eigenvalue weighted by Gasteiger charge is 2.30. The van der Waals surface area contributed by atoms with Crippen LogP contribution in [0.1, 0.15) is 33.1 Å². The highest BCUT2D eigenvalue weighted by atomic mass is 127. The lowest BCUT2D eigenvalue weighted by atomic mass is 10.1. The maximum atomic E-state index is 11.7. The lowest BCUT2D eigenvalue weighted by molar-refractivity contribution is 0.232. The van der Waals surface area contributed by atoms with Crippen molar-refractivity contribution < 1.29 is 8.42 Å². The summed E-state index contributed by atoms with van der Waals surface area (Å²) in [4.78, 5) is 6.59. The molecular formula is C14H31IN4O2S. The van der Waals surface area contributed by atoms with E-state index in [2.05, 4.69) is 20.5 Å². The maximum absolute atomic E-state index is 11.7. The van der Waals surface area contributed by atoms with E-state index in [1.165, 1.54) is 38.6 Å². The topological polar surface area (TPSA) is 73.8 Å². The molecule has 8 heteroatoms. The summed E-state index contributed by atoms with van der Waals surface area (Å²) in [6, 6.07) is 0. The fourth-order valence-electron chi connectivity index (χ4n) is 2.16. The summed E-state index contributed by atoms with van der Waals surface area (Å²) in [6.45, 7) is 7.95. The van der Waals surface area contributed by atoms with Gasteiger partial charge in [-0.1, -0.05) is 6.42 Å². The predicted octanol–water partition coefficient (Wildman–Crippen LogP) is 1.08. The van der Waals surface area contributed by atoms with Gasteiger partial charge >= 0.3 is 0 Å². The fraction of sp³-hybridized carbons (Fsp3) is 0.929. The number of rotatable bonds is 6. The Morgan fingerprint density at radius 3 is 2.27 bits per heavy atom. The summed E-state index contributed by atoms with van der Waals surface area (Å²) < 4.78 is 22.5. The number of guanidine groups is 1. The Kier molecular flexibility index (Phi) is 9.88. The van der Waals surface area contributed by atoms with E-state index < -0.39 is 14.6 Å². The number of nitrogens with one attached hydrogen (secondary N) is 2. The number of halogens is 1. The molecule has 132 valence electrons. The number of hydrogen-bond donors (Lipinski definition) is 2. The monoisotopic (exact) mass is 446 g/mol. The van der Waals surface area contributed by atoms with Crippen molar-refractivity contribution in [3.05, 3.63) is 0 Å². The van der Waals surface area contributed by atoms with Crippen molar-refractivity contribution in [2.45, 2.75) is 37.9 Å². The Hall–Kier alpha value is -0.0900. The molecule has 0 aromatic heterocycles. The van der Waals surface area contributed by atoms with Gasteiger partial charge in [-0.3, -0.25) is 4.99 Å². The summed E-state index contributed by atoms with van der Waals surface area (Å²) in [5, 5.41) is 6.34. The first-order valence-electron chi connectivity index (χ1n) is 7.63. The number of hydrogen-bond acceptors (Lipinski definition) is 4. The number of aliphatic imine (C=N–C) groups is 1. The minimum Gasteiger partial charge on any atom is -0.355 e. The quantitative estimate of drug-likeness (QED) is 0.363. The molecule has 0 amide bonds. The minimum absolute atomic E-state index is 0. The molecule has 0 aliphatic carbocycles. The second kappa shape index (κ2) is 9.92. The third-order valence-electron chi connectivity index (χ3n) is 4.08. The Labute approximate surface area is 152 Å². The molecule has 0 atom stereocenters. The van der Waals surface area contributed by atoms with Crippen LogP contribution in [0, 0.1) is 0 Å². The largest absolute Gasteiger partial charge is 0.355 e. The molecular weight excluding hydrogens is 415 g/mol. The van der Waals surface area contributed by atoms with Crippen LogP contribution >= 0.6 is 24.0 Å². The zero-order valence-electron chi connectivity index (χ0n) is 14.2. The van der Waals surface area contributed by atoms with E-state index in [-0.39, 0.29) is 24.0 Å². The molecule has 0 bridgehead atoms. The van der Waals surface area contributed by atoms with Gasteiger partial charge in [-0.05, 0) is 39.8 Å². The average molecular weight is 446 g/mol. The van der Waals surface area contributed by atoms with E-state index in [0.29, 0.717) is 12.5 Å². The van der Waals surface area contributed by atoms with Crippen LogP contribution in [-0.4, -0.2) is 70.1 Å². The molecule has 1 aliphatic rings. The fourth-order valence-corrected chi connectivity index (χ4v) is 2.50. The van der Waals surface area contributed by atoms with Gasteiger partial charge in [0.25, 0.3) is 0 Å². The Balaban J connectivity index is 0.00000441. The first-order chi connectivity index (χ1) is 9.76. The van der Waals surface area contributed by atoms with Crippen LogP contribution in [0.2, 0.25) is 0 Å². The first-order valence-corrected chi connectivity index (χ1v) is 9.52. The summed E-state index contributed by atoms with van der Waals surface area (Å²) >= 11 is 0. The van der Waals surface area contributed by atoms with E-state index in [4.69, 9.17) is 0 Å². The molecule has 1 rings (SSSR count). The molecule has 1 saturated heterocycles. The van der Waals surface area contributed by atoms with Crippen LogP contribution < -0.4 is 10.6 Å². The van der Waals surface area contributed by atoms with Crippen LogP contribution in [0.5, 0.6) is 0 Å². The van der Waals surface area contributed by atoms with Crippen LogP contribution in [0.4, 0.5) is 0 Å². The normalized spacial score (nSPS) is 17.7. The first kappa shape index (κ1) is 21.9. The van der Waals surface area contributed by atoms with Gasteiger partial charge in [-0.25, -0.2) is 8.42 Å². The maximum Gasteiger partial charge on any atom is 0.191 e. The smallest absolute Gasteiger partial charge is 0.191 e. The van der Waals surface area contributed by atoms with Gasteiger partial charge in [0.1, 0.15) is 0 Å². The van der Waals surface area contributed by atoms with Crippen molar-refractivity contribution in [3.8, 4) is 0 Å². The summed E-state index contributed by atoms with van der Waals surface area (Å²) in [5.41, 5.74) is 0. The summed E-state index contributed by atoms with van der Waals surface area (Å²) in [6.07, 6.45) is 5.18. The Bertz CT molecular complexity index is 446. The minimum atomic E-state index is -3.10. The lowest BCUT2D eigenvalue weighted by Gasteiger charge is -2.27. The number of piperidine rings is 1. The SMILES string of the molecule is CN=C(NCCN1CCCCC1)NCC(C)(C)S(C)(=O)=O.I. The molecule has 0 aromatic rings. The van der Waals surface area contributed by atoms with E-state index in [1.54, 1.807) is 20.9 Å². The van der Waals surface area contributed by atoms with Crippen LogP contribution in [0.3, 0.4) is 0 Å². The highest BCUT2D eigenvalue weighted by Crippen LogP contribution is 2.13. The Morgan fingerprint density at radius 2 is 1.77 bits per heavy atom. The van der Waals surface area contributed by atoms with E-state index in [9.17, 15) is 8.42 Å². The Morgan fingerprint density at radius 1 is 1.18 bits per heavy atom. The van der Waals surface area contributed by atoms with E-state index in [0.717, 1.165) is 13.1 Å². The van der Waals surface area contributed by atoms with Crippen molar-refractivity contribution in [3.63, 3.8) is 0 Å². The molecule has 1 fully saturated rings. The second-order valence-electron chi connectivity index (χ2n) is 6.29. The van der Waals surface area contributed by atoms with E-state index >= 15 is 0 Å². The molecule has 22 heavy (non-hydrogen) atoms. The second-order valence-corrected chi connectivity index (χ2v) is 8.94. The van der Waals surface area contributed by atoms with Gasteiger partial charge in [0, 0.05) is 32.9 Å². The third-order valence-corrected chi connectivity index (χ3v) is 6.23. The van der Waals surface area contributed by atoms with E-state index in [1.807, 2.05) is 0 Å². The predicted molar refractivity (Wildman–Crippen MR) is 104 cm³/mol. The van der Waals surface area contributed by atoms with Gasteiger partial charge in [0.05, 0.1) is 4.75 Å². The molecule has 0 saturated carbocycles. The molecule has 0 spiro atoms. The zero-order chi connectivity index (χ0) is 15.9. The van der Waals surface area contributed by atoms with Crippen LogP contribution in [0.25, 0.3) is 0 Å². The van der Waals surface area contributed by atoms with Gasteiger partial charge in [0.2, 0.25) is 0 Å². The molecule has 6 nitrogen and oxygen atoms in total. The number of sulfone groups is 1. The van der Waals surface area contributed by atoms with Gasteiger partial charge in [-0.2, -0.15) is 0 Å². The molecule has 1 aliphatic heterocycles. The van der Waals surface area contributed by atoms with Gasteiger partial charge < -0.3 is 15.5 Å². The molecule has 1 heterocycles. The highest BCUT2D eigenvalue weighted by molar-refractivity contribution is 14.0. The molecule has 0 unspecified atom stereocenters. The zero-order valence-corrected chi connectivity index (χ0v) is 17.3. The lowest BCUT2D eigenvalue weighted by Crippen LogP contribution is -2.49. The standard InChI is InChI=1S/C14H30N4O2S.HI/c1-14(2,21(4,19)20)12-17-13(15-3)16-8-11-18-9-6-5-7-10-18;/h5-12H2,1-4H3,(H2,15,16,17);1H. The van der Waals surface area contributed by atoms with Crippen molar-refractivity contribution in [2.75, 3.05) is 46.0 Å². The van der Waals surface area contributed by atoms with Crippen LogP contribution in [-0.2, 0) is 9.84 Å². The third kappa shape index (κ3) is 7.45. The van der Waals surface area contributed by atoms with Gasteiger partial charge in [0.15, 0.2) is 15.8 Å². The van der Waals surface area contributed by atoms with Crippen molar-refractivity contribution >= 4 is 39.8 Å². The summed E-state index contributed by atoms with van der Waals surface area (Å²) in [7, 11) is -1.40.